The second-order valence-corrected chi connectivity index (χ2v) is 3.66. The summed E-state index contributed by atoms with van der Waals surface area (Å²) in [7, 11) is 3.09. The van der Waals surface area contributed by atoms with Gasteiger partial charge in [0.05, 0.1) is 14.2 Å². The van der Waals surface area contributed by atoms with Crippen molar-refractivity contribution in [3.8, 4) is 17.6 Å². The van der Waals surface area contributed by atoms with Crippen molar-refractivity contribution in [1.82, 2.24) is 0 Å². The Labute approximate surface area is 104 Å². The molecular formula is C14H11NO3. The SMILES string of the molecule is COc1ccc(OC)c2cc(C#N)c(=O)ccc12. The first kappa shape index (κ1) is 11.9. The van der Waals surface area contributed by atoms with Crippen LogP contribution in [0.25, 0.3) is 10.8 Å². The Bertz CT molecular complexity index is 702. The van der Waals surface area contributed by atoms with Gasteiger partial charge in [-0.25, -0.2) is 0 Å². The maximum Gasteiger partial charge on any atom is 0.196 e. The molecule has 0 unspecified atom stereocenters. The smallest absolute Gasteiger partial charge is 0.196 e. The van der Waals surface area contributed by atoms with Crippen LogP contribution in [0.3, 0.4) is 0 Å². The van der Waals surface area contributed by atoms with Gasteiger partial charge in [-0.1, -0.05) is 0 Å². The summed E-state index contributed by atoms with van der Waals surface area (Å²) in [6.07, 6.45) is 0. The van der Waals surface area contributed by atoms with Gasteiger partial charge in [0.15, 0.2) is 5.43 Å². The topological polar surface area (TPSA) is 59.3 Å². The van der Waals surface area contributed by atoms with E-state index < -0.39 is 0 Å². The molecule has 2 aromatic carbocycles. The predicted octanol–water partition coefficient (Wildman–Crippen LogP) is 2.09. The zero-order valence-electron chi connectivity index (χ0n) is 10.1. The fraction of sp³-hybridized carbons (Fsp3) is 0.143. The molecule has 0 atom stereocenters. The van der Waals surface area contributed by atoms with Gasteiger partial charge < -0.3 is 9.47 Å². The van der Waals surface area contributed by atoms with Crippen molar-refractivity contribution in [1.29, 1.82) is 5.26 Å². The van der Waals surface area contributed by atoms with Crippen LogP contribution in [0.2, 0.25) is 0 Å². The van der Waals surface area contributed by atoms with Crippen molar-refractivity contribution < 1.29 is 9.47 Å². The van der Waals surface area contributed by atoms with Crippen molar-refractivity contribution in [2.75, 3.05) is 14.2 Å². The third kappa shape index (κ3) is 1.87. The predicted molar refractivity (Wildman–Crippen MR) is 68.0 cm³/mol. The average molecular weight is 241 g/mol. The number of benzene rings is 1. The second kappa shape index (κ2) is 4.76. The van der Waals surface area contributed by atoms with Gasteiger partial charge in [-0.05, 0) is 30.3 Å². The summed E-state index contributed by atoms with van der Waals surface area (Å²) in [4.78, 5) is 11.7. The van der Waals surface area contributed by atoms with Gasteiger partial charge in [0.25, 0.3) is 0 Å². The van der Waals surface area contributed by atoms with E-state index >= 15 is 0 Å². The van der Waals surface area contributed by atoms with E-state index in [4.69, 9.17) is 14.7 Å². The van der Waals surface area contributed by atoms with Gasteiger partial charge >= 0.3 is 0 Å². The van der Waals surface area contributed by atoms with Gasteiger partial charge in [-0.3, -0.25) is 4.79 Å². The molecule has 2 aromatic rings. The molecular weight excluding hydrogens is 230 g/mol. The van der Waals surface area contributed by atoms with Gasteiger partial charge in [-0.2, -0.15) is 5.26 Å². The molecule has 0 aromatic heterocycles. The molecule has 0 spiro atoms. The van der Waals surface area contributed by atoms with Gasteiger partial charge in [0.1, 0.15) is 23.1 Å². The van der Waals surface area contributed by atoms with Crippen LogP contribution in [-0.2, 0) is 0 Å². The maximum absolute atomic E-state index is 11.7. The summed E-state index contributed by atoms with van der Waals surface area (Å²) in [5.41, 5.74) is -0.241. The number of fused-ring (bicyclic) bond motifs is 1. The lowest BCUT2D eigenvalue weighted by Crippen LogP contribution is -1.98. The van der Waals surface area contributed by atoms with Crippen LogP contribution in [0.4, 0.5) is 0 Å². The fourth-order valence-electron chi connectivity index (χ4n) is 1.82. The van der Waals surface area contributed by atoms with Gasteiger partial charge in [0, 0.05) is 10.8 Å². The van der Waals surface area contributed by atoms with E-state index in [0.29, 0.717) is 16.9 Å². The van der Waals surface area contributed by atoms with Crippen molar-refractivity contribution in [3.05, 3.63) is 46.1 Å². The molecule has 2 rings (SSSR count). The highest BCUT2D eigenvalue weighted by Gasteiger charge is 2.08. The first-order valence-corrected chi connectivity index (χ1v) is 5.30. The van der Waals surface area contributed by atoms with E-state index in [1.54, 1.807) is 32.4 Å². The Kier molecular flexibility index (Phi) is 3.16. The summed E-state index contributed by atoms with van der Waals surface area (Å²) in [5, 5.41) is 10.4. The highest BCUT2D eigenvalue weighted by molar-refractivity contribution is 5.93. The summed E-state index contributed by atoms with van der Waals surface area (Å²) in [6.45, 7) is 0. The van der Waals surface area contributed by atoms with Gasteiger partial charge in [0.2, 0.25) is 0 Å². The second-order valence-electron chi connectivity index (χ2n) is 3.66. The normalized spacial score (nSPS) is 9.83. The largest absolute Gasteiger partial charge is 0.496 e. The Morgan fingerprint density at radius 3 is 2.17 bits per heavy atom. The van der Waals surface area contributed by atoms with Gasteiger partial charge in [-0.15, -0.1) is 0 Å². The zero-order chi connectivity index (χ0) is 13.1. The molecule has 0 amide bonds. The first-order valence-electron chi connectivity index (χ1n) is 5.30. The van der Waals surface area contributed by atoms with Crippen molar-refractivity contribution in [2.24, 2.45) is 0 Å². The minimum absolute atomic E-state index is 0.0801. The number of rotatable bonds is 2. The Morgan fingerprint density at radius 2 is 1.61 bits per heavy atom. The lowest BCUT2D eigenvalue weighted by atomic mass is 10.1. The molecule has 0 radical (unpaired) electrons. The van der Waals surface area contributed by atoms with Crippen LogP contribution >= 0.6 is 0 Å². The van der Waals surface area contributed by atoms with Crippen molar-refractivity contribution >= 4 is 10.8 Å². The standard InChI is InChI=1S/C14H11NO3/c1-17-13-5-6-14(18-2)11-7-9(8-15)12(16)4-3-10(11)13/h3-7H,1-2H3. The van der Waals surface area contributed by atoms with Crippen LogP contribution < -0.4 is 14.9 Å². The monoisotopic (exact) mass is 241 g/mol. The first-order chi connectivity index (χ1) is 8.71. The number of nitriles is 1. The van der Waals surface area contributed by atoms with Crippen LogP contribution in [0, 0.1) is 11.3 Å². The molecule has 4 heteroatoms. The van der Waals surface area contributed by atoms with Crippen LogP contribution in [0.1, 0.15) is 5.56 Å². The highest BCUT2D eigenvalue weighted by Crippen LogP contribution is 2.32. The number of hydrogen-bond acceptors (Lipinski definition) is 4. The van der Waals surface area contributed by atoms with E-state index in [0.717, 1.165) is 5.39 Å². The van der Waals surface area contributed by atoms with Crippen molar-refractivity contribution in [2.45, 2.75) is 0 Å². The van der Waals surface area contributed by atoms with Crippen LogP contribution in [0.15, 0.2) is 35.1 Å². The molecule has 0 aliphatic carbocycles. The fourth-order valence-corrected chi connectivity index (χ4v) is 1.82. The molecule has 0 fully saturated rings. The minimum Gasteiger partial charge on any atom is -0.496 e. The van der Waals surface area contributed by atoms with Crippen LogP contribution in [-0.4, -0.2) is 14.2 Å². The molecule has 0 heterocycles. The van der Waals surface area contributed by atoms with E-state index in [1.807, 2.05) is 6.07 Å². The Morgan fingerprint density at radius 1 is 1.00 bits per heavy atom. The minimum atomic E-state index is -0.321. The molecule has 18 heavy (non-hydrogen) atoms. The Hall–Kier alpha value is -2.54. The highest BCUT2D eigenvalue weighted by atomic mass is 16.5. The molecule has 0 aliphatic heterocycles. The number of ether oxygens (including phenoxy) is 2. The summed E-state index contributed by atoms with van der Waals surface area (Å²) in [5.74, 6) is 1.23. The maximum atomic E-state index is 11.7. The van der Waals surface area contributed by atoms with E-state index in [1.165, 1.54) is 12.1 Å². The summed E-state index contributed by atoms with van der Waals surface area (Å²) < 4.78 is 10.5. The number of methoxy groups -OCH3 is 2. The molecule has 0 aliphatic rings. The van der Waals surface area contributed by atoms with E-state index in [2.05, 4.69) is 0 Å². The third-order valence-corrected chi connectivity index (χ3v) is 2.72. The Balaban J connectivity index is 3.00. The number of nitrogens with zero attached hydrogens (tertiary/aromatic N) is 1. The van der Waals surface area contributed by atoms with E-state index in [9.17, 15) is 4.79 Å². The molecule has 4 nitrogen and oxygen atoms in total. The lowest BCUT2D eigenvalue weighted by Gasteiger charge is -2.07. The van der Waals surface area contributed by atoms with Crippen molar-refractivity contribution in [3.63, 3.8) is 0 Å². The zero-order valence-corrected chi connectivity index (χ0v) is 10.1. The third-order valence-electron chi connectivity index (χ3n) is 2.72. The molecule has 0 saturated heterocycles. The molecule has 0 saturated carbocycles. The van der Waals surface area contributed by atoms with E-state index in [-0.39, 0.29) is 11.0 Å². The average Bonchev–Trinajstić information content (AvgIpc) is 2.57. The molecule has 90 valence electrons. The van der Waals surface area contributed by atoms with Crippen LogP contribution in [0.5, 0.6) is 11.5 Å². The quantitative estimate of drug-likeness (QED) is 0.807. The number of hydrogen-bond donors (Lipinski definition) is 0. The summed E-state index contributed by atoms with van der Waals surface area (Å²) in [6, 6.07) is 9.92. The summed E-state index contributed by atoms with van der Waals surface area (Å²) >= 11 is 0. The lowest BCUT2D eigenvalue weighted by molar-refractivity contribution is 0.410. The molecule has 0 bridgehead atoms. The molecule has 0 N–H and O–H groups in total.